The molecule has 4 aromatic rings. The Labute approximate surface area is 238 Å². The van der Waals surface area contributed by atoms with Gasteiger partial charge >= 0.3 is 12.1 Å². The van der Waals surface area contributed by atoms with E-state index in [-0.39, 0.29) is 18.4 Å². The first kappa shape index (κ1) is 28.8. The Kier molecular flexibility index (Phi) is 9.66. The Morgan fingerprint density at radius 3 is 2.00 bits per heavy atom. The molecule has 0 spiro atoms. The van der Waals surface area contributed by atoms with Crippen LogP contribution in [0.15, 0.2) is 84.9 Å². The zero-order valence-electron chi connectivity index (χ0n) is 23.1. The summed E-state index contributed by atoms with van der Waals surface area (Å²) in [5.41, 5.74) is 2.81. The number of nitrogens with zero attached hydrogens (tertiary/aromatic N) is 4. The lowest BCUT2D eigenvalue weighted by Gasteiger charge is -2.18. The number of aromatic nitrogens is 3. The Balaban J connectivity index is 1.52. The highest BCUT2D eigenvalue weighted by molar-refractivity contribution is 5.77. The van der Waals surface area contributed by atoms with Crippen LogP contribution < -0.4 is 20.7 Å². The van der Waals surface area contributed by atoms with Crippen molar-refractivity contribution in [3.05, 3.63) is 102 Å². The number of hydrogen-bond acceptors (Lipinski definition) is 9. The number of amides is 1. The molecule has 4 rings (SSSR count). The number of ether oxygens (including phenoxy) is 1. The van der Waals surface area contributed by atoms with Gasteiger partial charge in [0.1, 0.15) is 11.8 Å². The van der Waals surface area contributed by atoms with Crippen LogP contribution in [0.5, 0.6) is 5.75 Å². The maximum atomic E-state index is 12.2. The second-order valence-electron chi connectivity index (χ2n) is 9.57. The van der Waals surface area contributed by atoms with Crippen LogP contribution in [0.1, 0.15) is 29.7 Å². The Morgan fingerprint density at radius 1 is 0.805 bits per heavy atom. The third kappa shape index (κ3) is 8.65. The molecule has 0 bridgehead atoms. The Bertz CT molecular complexity index is 1430. The summed E-state index contributed by atoms with van der Waals surface area (Å²) in [4.78, 5) is 38.7. The van der Waals surface area contributed by atoms with Gasteiger partial charge in [-0.3, -0.25) is 0 Å². The van der Waals surface area contributed by atoms with Gasteiger partial charge < -0.3 is 30.7 Å². The molecule has 0 saturated heterocycles. The van der Waals surface area contributed by atoms with Gasteiger partial charge in [0.25, 0.3) is 0 Å². The number of benzene rings is 3. The average Bonchev–Trinajstić information content (AvgIpc) is 2.97. The van der Waals surface area contributed by atoms with Crippen molar-refractivity contribution in [2.75, 3.05) is 30.0 Å². The van der Waals surface area contributed by atoms with Crippen LogP contribution >= 0.6 is 0 Å². The molecule has 1 heterocycles. The van der Waals surface area contributed by atoms with Crippen molar-refractivity contribution in [3.8, 4) is 5.75 Å². The van der Waals surface area contributed by atoms with Crippen LogP contribution in [-0.4, -0.2) is 57.2 Å². The van der Waals surface area contributed by atoms with Crippen molar-refractivity contribution in [2.24, 2.45) is 0 Å². The zero-order chi connectivity index (χ0) is 29.2. The number of carbonyl (C=O) groups is 2. The van der Waals surface area contributed by atoms with Gasteiger partial charge in [-0.25, -0.2) is 9.59 Å². The first-order valence-corrected chi connectivity index (χ1v) is 13.1. The molecule has 11 nitrogen and oxygen atoms in total. The second-order valence-corrected chi connectivity index (χ2v) is 9.57. The van der Waals surface area contributed by atoms with Gasteiger partial charge in [0, 0.05) is 27.1 Å². The van der Waals surface area contributed by atoms with E-state index in [0.717, 1.165) is 16.7 Å². The number of carboxylic acids is 1. The third-order valence-corrected chi connectivity index (χ3v) is 6.11. The number of hydrogen-bond donors (Lipinski definition) is 4. The Morgan fingerprint density at radius 2 is 1.39 bits per heavy atom. The molecule has 1 aromatic heterocycles. The fourth-order valence-electron chi connectivity index (χ4n) is 3.86. The number of nitrogens with one attached hydrogen (secondary N) is 3. The van der Waals surface area contributed by atoms with E-state index in [4.69, 9.17) is 4.74 Å². The topological polar surface area (TPSA) is 142 Å². The molecule has 0 aliphatic carbocycles. The molecule has 0 radical (unpaired) electrons. The summed E-state index contributed by atoms with van der Waals surface area (Å²) < 4.78 is 5.24. The van der Waals surface area contributed by atoms with Gasteiger partial charge in [-0.05, 0) is 35.7 Å². The highest BCUT2D eigenvalue weighted by Gasteiger charge is 2.21. The van der Waals surface area contributed by atoms with Crippen molar-refractivity contribution < 1.29 is 19.4 Å². The van der Waals surface area contributed by atoms with Crippen molar-refractivity contribution in [1.29, 1.82) is 0 Å². The van der Waals surface area contributed by atoms with Crippen LogP contribution in [0.25, 0.3) is 0 Å². The molecule has 212 valence electrons. The number of aliphatic carboxylic acids is 1. The summed E-state index contributed by atoms with van der Waals surface area (Å²) in [7, 11) is 3.18. The molecule has 0 fully saturated rings. The summed E-state index contributed by atoms with van der Waals surface area (Å²) in [6.45, 7) is 2.47. The predicted octanol–water partition coefficient (Wildman–Crippen LogP) is 4.83. The molecule has 2 atom stereocenters. The highest BCUT2D eigenvalue weighted by Crippen LogP contribution is 2.20. The van der Waals surface area contributed by atoms with Crippen LogP contribution in [0.2, 0.25) is 0 Å². The fourth-order valence-corrected chi connectivity index (χ4v) is 3.86. The molecule has 1 unspecified atom stereocenters. The van der Waals surface area contributed by atoms with Crippen molar-refractivity contribution >= 4 is 29.9 Å². The average molecular weight is 556 g/mol. The lowest BCUT2D eigenvalue weighted by Crippen LogP contribution is -2.32. The molecule has 0 aliphatic heterocycles. The van der Waals surface area contributed by atoms with Gasteiger partial charge in [-0.1, -0.05) is 72.8 Å². The van der Waals surface area contributed by atoms with E-state index < -0.39 is 18.1 Å². The van der Waals surface area contributed by atoms with E-state index in [2.05, 4.69) is 30.9 Å². The van der Waals surface area contributed by atoms with Gasteiger partial charge in [0.05, 0.1) is 6.04 Å². The summed E-state index contributed by atoms with van der Waals surface area (Å²) >= 11 is 0. The fraction of sp³-hybridized carbons (Fsp3) is 0.233. The molecular formula is C30H33N7O4. The summed E-state index contributed by atoms with van der Waals surface area (Å²) in [5.74, 6) is -0.000182. The van der Waals surface area contributed by atoms with Crippen molar-refractivity contribution in [3.63, 3.8) is 0 Å². The number of carbonyl (C=O) groups excluding carboxylic acids is 1. The smallest absolute Gasteiger partial charge is 0.414 e. The summed E-state index contributed by atoms with van der Waals surface area (Å²) in [6.07, 6.45) is -0.362. The van der Waals surface area contributed by atoms with Gasteiger partial charge in [-0.15, -0.1) is 0 Å². The molecule has 3 aromatic carbocycles. The van der Waals surface area contributed by atoms with Gasteiger partial charge in [-0.2, -0.15) is 15.0 Å². The van der Waals surface area contributed by atoms with Crippen molar-refractivity contribution in [2.45, 2.75) is 32.0 Å². The largest absolute Gasteiger partial charge is 0.480 e. The lowest BCUT2D eigenvalue weighted by molar-refractivity contribution is -0.137. The normalized spacial score (nSPS) is 12.1. The molecule has 0 aliphatic rings. The van der Waals surface area contributed by atoms with Crippen LogP contribution in [0.4, 0.5) is 22.6 Å². The first-order chi connectivity index (χ1) is 19.8. The van der Waals surface area contributed by atoms with Gasteiger partial charge in [0.15, 0.2) is 0 Å². The molecule has 4 N–H and O–H groups in total. The molecule has 0 saturated carbocycles. The SMILES string of the molecule is CC(Nc1nc(NCc2ccccc2)nc(N[C@@H](Cc2ccc(OC(=O)N(C)C)cc2)C(=O)O)n1)c1ccccc1. The van der Waals surface area contributed by atoms with E-state index >= 15 is 0 Å². The van der Waals surface area contributed by atoms with E-state index in [0.29, 0.717) is 24.2 Å². The monoisotopic (exact) mass is 555 g/mol. The van der Waals surface area contributed by atoms with Gasteiger partial charge in [0.2, 0.25) is 17.8 Å². The van der Waals surface area contributed by atoms with E-state index in [1.165, 1.54) is 4.90 Å². The quantitative estimate of drug-likeness (QED) is 0.192. The van der Waals surface area contributed by atoms with Crippen molar-refractivity contribution in [1.82, 2.24) is 19.9 Å². The number of carboxylic acid groups (broad SMARTS) is 1. The zero-order valence-corrected chi connectivity index (χ0v) is 23.1. The minimum atomic E-state index is -1.07. The van der Waals surface area contributed by atoms with E-state index in [9.17, 15) is 14.7 Å². The minimum absolute atomic E-state index is 0.108. The second kappa shape index (κ2) is 13.7. The lowest BCUT2D eigenvalue weighted by atomic mass is 10.1. The molecule has 41 heavy (non-hydrogen) atoms. The summed E-state index contributed by atoms with van der Waals surface area (Å²) in [6, 6.07) is 25.2. The van der Waals surface area contributed by atoms with E-state index in [1.54, 1.807) is 38.4 Å². The molecular weight excluding hydrogens is 522 g/mol. The minimum Gasteiger partial charge on any atom is -0.480 e. The number of anilines is 3. The summed E-state index contributed by atoms with van der Waals surface area (Å²) in [5, 5.41) is 19.4. The maximum Gasteiger partial charge on any atom is 0.414 e. The van der Waals surface area contributed by atoms with Crippen LogP contribution in [0.3, 0.4) is 0 Å². The number of rotatable bonds is 12. The Hall–Kier alpha value is -5.19. The van der Waals surface area contributed by atoms with Crippen LogP contribution in [-0.2, 0) is 17.8 Å². The molecule has 1 amide bonds. The highest BCUT2D eigenvalue weighted by atomic mass is 16.6. The standard InChI is InChI=1S/C30H33N7O4/c1-20(23-12-8-5-9-13-23)32-28-34-27(31-19-22-10-6-4-7-11-22)35-29(36-28)33-25(26(38)39)18-21-14-16-24(17-15-21)41-30(40)37(2)3/h4-17,20,25H,18-19H2,1-3H3,(H,38,39)(H3,31,32,33,34,35,36)/t20?,25-/m0/s1. The van der Waals surface area contributed by atoms with E-state index in [1.807, 2.05) is 67.6 Å². The maximum absolute atomic E-state index is 12.2. The third-order valence-electron chi connectivity index (χ3n) is 6.11. The molecule has 11 heteroatoms. The predicted molar refractivity (Wildman–Crippen MR) is 157 cm³/mol. The first-order valence-electron chi connectivity index (χ1n) is 13.1. The van der Waals surface area contributed by atoms with Crippen LogP contribution in [0, 0.1) is 0 Å².